The van der Waals surface area contributed by atoms with Crippen molar-refractivity contribution in [3.05, 3.63) is 57.1 Å². The summed E-state index contributed by atoms with van der Waals surface area (Å²) in [5.74, 6) is -0.358. The number of amides is 2. The third kappa shape index (κ3) is 4.77. The Kier molecular flexibility index (Phi) is 6.20. The van der Waals surface area contributed by atoms with Crippen LogP contribution in [0.1, 0.15) is 6.42 Å². The van der Waals surface area contributed by atoms with Crippen LogP contribution in [0, 0.1) is 3.57 Å². The number of aliphatic imine (C=N–C) groups is 1. The van der Waals surface area contributed by atoms with Crippen molar-refractivity contribution in [2.24, 2.45) is 4.99 Å². The number of thioether (sulfide) groups is 1. The Hall–Kier alpha value is -1.58. The van der Waals surface area contributed by atoms with Gasteiger partial charge in [0.05, 0.1) is 5.69 Å². The number of benzene rings is 2. The molecule has 1 saturated heterocycles. The molecule has 26 heavy (non-hydrogen) atoms. The molecule has 134 valence electrons. The summed E-state index contributed by atoms with van der Waals surface area (Å²) in [6.07, 6.45) is 0.131. The van der Waals surface area contributed by atoms with Gasteiger partial charge >= 0.3 is 0 Å². The minimum atomic E-state index is -0.532. The van der Waals surface area contributed by atoms with Crippen LogP contribution < -0.4 is 5.32 Å². The largest absolute Gasteiger partial charge is 0.325 e. The smallest absolute Gasteiger partial charge is 0.238 e. The summed E-state index contributed by atoms with van der Waals surface area (Å²) >= 11 is 9.46. The Morgan fingerprint density at radius 1 is 1.31 bits per heavy atom. The van der Waals surface area contributed by atoms with Crippen molar-refractivity contribution in [1.82, 2.24) is 4.90 Å². The van der Waals surface area contributed by atoms with Crippen LogP contribution in [0.15, 0.2) is 53.5 Å². The van der Waals surface area contributed by atoms with Crippen LogP contribution in [0.3, 0.4) is 0 Å². The zero-order valence-electron chi connectivity index (χ0n) is 13.8. The van der Waals surface area contributed by atoms with Gasteiger partial charge < -0.3 is 5.32 Å². The first-order valence-electron chi connectivity index (χ1n) is 7.76. The predicted octanol–water partition coefficient (Wildman–Crippen LogP) is 4.53. The third-order valence-corrected chi connectivity index (χ3v) is 5.90. The summed E-state index contributed by atoms with van der Waals surface area (Å²) in [7, 11) is 1.66. The molecule has 1 atom stereocenters. The van der Waals surface area contributed by atoms with Crippen molar-refractivity contribution < 1.29 is 9.59 Å². The summed E-state index contributed by atoms with van der Waals surface area (Å²) in [4.78, 5) is 30.8. The van der Waals surface area contributed by atoms with Crippen LogP contribution >= 0.6 is 46.0 Å². The van der Waals surface area contributed by atoms with E-state index in [0.29, 0.717) is 21.6 Å². The average molecular weight is 500 g/mol. The van der Waals surface area contributed by atoms with Gasteiger partial charge in [0.15, 0.2) is 5.17 Å². The van der Waals surface area contributed by atoms with Gasteiger partial charge in [0.2, 0.25) is 11.8 Å². The van der Waals surface area contributed by atoms with Crippen molar-refractivity contribution >= 4 is 74.3 Å². The van der Waals surface area contributed by atoms with E-state index in [1.54, 1.807) is 31.3 Å². The van der Waals surface area contributed by atoms with E-state index < -0.39 is 5.25 Å². The van der Waals surface area contributed by atoms with Crippen LogP contribution in [-0.4, -0.2) is 34.2 Å². The molecule has 1 unspecified atom stereocenters. The summed E-state index contributed by atoms with van der Waals surface area (Å²) in [6.45, 7) is 0. The Morgan fingerprint density at radius 3 is 2.73 bits per heavy atom. The minimum Gasteiger partial charge on any atom is -0.325 e. The minimum absolute atomic E-state index is 0.131. The highest BCUT2D eigenvalue weighted by Gasteiger charge is 2.34. The lowest BCUT2D eigenvalue weighted by Gasteiger charge is -2.28. The van der Waals surface area contributed by atoms with E-state index in [1.165, 1.54) is 16.7 Å². The molecule has 0 saturated carbocycles. The van der Waals surface area contributed by atoms with E-state index in [4.69, 9.17) is 11.6 Å². The molecule has 2 aromatic rings. The number of anilines is 1. The van der Waals surface area contributed by atoms with E-state index in [9.17, 15) is 9.59 Å². The Labute approximate surface area is 174 Å². The summed E-state index contributed by atoms with van der Waals surface area (Å²) in [5.41, 5.74) is 1.34. The maximum Gasteiger partial charge on any atom is 0.238 e. The molecular formula is C18H15ClIN3O2S. The van der Waals surface area contributed by atoms with Gasteiger partial charge in [-0.25, -0.2) is 4.99 Å². The molecule has 8 heteroatoms. The van der Waals surface area contributed by atoms with Gasteiger partial charge in [-0.1, -0.05) is 29.4 Å². The zero-order valence-corrected chi connectivity index (χ0v) is 17.5. The molecule has 0 bridgehead atoms. The van der Waals surface area contributed by atoms with Gasteiger partial charge in [0, 0.05) is 27.7 Å². The normalized spacial score (nSPS) is 18.9. The van der Waals surface area contributed by atoms with Gasteiger partial charge in [-0.15, -0.1) is 0 Å². The average Bonchev–Trinajstić information content (AvgIpc) is 2.60. The fourth-order valence-electron chi connectivity index (χ4n) is 2.31. The predicted molar refractivity (Wildman–Crippen MR) is 115 cm³/mol. The van der Waals surface area contributed by atoms with E-state index in [-0.39, 0.29) is 18.2 Å². The van der Waals surface area contributed by atoms with E-state index in [1.807, 2.05) is 24.3 Å². The second-order valence-corrected chi connectivity index (χ2v) is 8.49. The first kappa shape index (κ1) is 19.2. The summed E-state index contributed by atoms with van der Waals surface area (Å²) < 4.78 is 1.08. The van der Waals surface area contributed by atoms with Crippen LogP contribution in [0.5, 0.6) is 0 Å². The number of hydrogen-bond donors (Lipinski definition) is 1. The van der Waals surface area contributed by atoms with Crippen LogP contribution in [-0.2, 0) is 9.59 Å². The molecular weight excluding hydrogens is 485 g/mol. The molecule has 1 fully saturated rings. The number of carbonyl (C=O) groups is 2. The van der Waals surface area contributed by atoms with Gasteiger partial charge in [0.25, 0.3) is 0 Å². The van der Waals surface area contributed by atoms with Crippen molar-refractivity contribution in [1.29, 1.82) is 0 Å². The molecule has 1 aliphatic rings. The van der Waals surface area contributed by atoms with Crippen LogP contribution in [0.4, 0.5) is 11.4 Å². The number of halogens is 2. The molecule has 3 rings (SSSR count). The summed E-state index contributed by atoms with van der Waals surface area (Å²) in [6, 6.07) is 14.5. The van der Waals surface area contributed by atoms with E-state index >= 15 is 0 Å². The van der Waals surface area contributed by atoms with Crippen molar-refractivity contribution in [2.75, 3.05) is 12.4 Å². The molecule has 0 aromatic heterocycles. The first-order chi connectivity index (χ1) is 12.4. The van der Waals surface area contributed by atoms with Crippen molar-refractivity contribution in [3.8, 4) is 0 Å². The van der Waals surface area contributed by atoms with Crippen LogP contribution in [0.25, 0.3) is 0 Å². The first-order valence-corrected chi connectivity index (χ1v) is 10.1. The number of nitrogens with one attached hydrogen (secondary N) is 1. The Bertz CT molecular complexity index is 873. The molecule has 1 heterocycles. The number of nitrogens with zero attached hydrogens (tertiary/aromatic N) is 2. The standard InChI is InChI=1S/C18H15ClIN3O2S/c1-23-16(24)10-15(17(25)21-13-7-5-12(20)6-8-13)26-18(23)22-14-4-2-3-11(19)9-14/h2-9,15H,10H2,1H3,(H,21,25). The second kappa shape index (κ2) is 8.41. The topological polar surface area (TPSA) is 61.8 Å². The van der Waals surface area contributed by atoms with Gasteiger partial charge in [-0.05, 0) is 65.1 Å². The highest BCUT2D eigenvalue weighted by atomic mass is 127. The van der Waals surface area contributed by atoms with Gasteiger partial charge in [-0.2, -0.15) is 0 Å². The van der Waals surface area contributed by atoms with Gasteiger partial charge in [-0.3, -0.25) is 14.5 Å². The molecule has 0 radical (unpaired) electrons. The molecule has 2 aromatic carbocycles. The Balaban J connectivity index is 1.77. The lowest BCUT2D eigenvalue weighted by Crippen LogP contribution is -2.43. The maximum absolute atomic E-state index is 12.6. The Morgan fingerprint density at radius 2 is 2.04 bits per heavy atom. The highest BCUT2D eigenvalue weighted by Crippen LogP contribution is 2.29. The lowest BCUT2D eigenvalue weighted by molar-refractivity contribution is -0.128. The zero-order chi connectivity index (χ0) is 18.7. The second-order valence-electron chi connectivity index (χ2n) is 5.63. The fourth-order valence-corrected chi connectivity index (χ4v) is 3.92. The highest BCUT2D eigenvalue weighted by molar-refractivity contribution is 14.1. The van der Waals surface area contributed by atoms with E-state index in [2.05, 4.69) is 32.9 Å². The maximum atomic E-state index is 12.6. The van der Waals surface area contributed by atoms with Gasteiger partial charge in [0.1, 0.15) is 5.25 Å². The molecule has 0 aliphatic carbocycles. The summed E-state index contributed by atoms with van der Waals surface area (Å²) in [5, 5.41) is 3.37. The fraction of sp³-hybridized carbons (Fsp3) is 0.167. The van der Waals surface area contributed by atoms with E-state index in [0.717, 1.165) is 3.57 Å². The lowest BCUT2D eigenvalue weighted by atomic mass is 10.2. The number of rotatable bonds is 3. The van der Waals surface area contributed by atoms with Crippen LogP contribution in [0.2, 0.25) is 5.02 Å². The molecule has 0 spiro atoms. The molecule has 1 aliphatic heterocycles. The van der Waals surface area contributed by atoms with Crippen molar-refractivity contribution in [3.63, 3.8) is 0 Å². The number of carbonyl (C=O) groups excluding carboxylic acids is 2. The molecule has 1 N–H and O–H groups in total. The SMILES string of the molecule is CN1C(=O)CC(C(=O)Nc2ccc(I)cc2)SC1=Nc1cccc(Cl)c1. The number of amidine groups is 1. The monoisotopic (exact) mass is 499 g/mol. The van der Waals surface area contributed by atoms with Crippen molar-refractivity contribution in [2.45, 2.75) is 11.7 Å². The molecule has 5 nitrogen and oxygen atoms in total. The quantitative estimate of drug-likeness (QED) is 0.631. The molecule has 2 amide bonds. The number of hydrogen-bond acceptors (Lipinski definition) is 4. The third-order valence-electron chi connectivity index (χ3n) is 3.71.